The highest BCUT2D eigenvalue weighted by atomic mass is 35.5. The van der Waals surface area contributed by atoms with E-state index in [-0.39, 0.29) is 12.0 Å². The highest BCUT2D eigenvalue weighted by molar-refractivity contribution is 6.31. The van der Waals surface area contributed by atoms with Gasteiger partial charge in [-0.1, -0.05) is 11.6 Å². The summed E-state index contributed by atoms with van der Waals surface area (Å²) in [5.74, 6) is 0.359. The Kier molecular flexibility index (Phi) is 4.86. The highest BCUT2D eigenvalue weighted by Crippen LogP contribution is 2.25. The first-order valence-electron chi connectivity index (χ1n) is 6.50. The van der Waals surface area contributed by atoms with Crippen molar-refractivity contribution in [1.29, 1.82) is 0 Å². The number of hydrogen-bond acceptors (Lipinski definition) is 4. The molecule has 110 valence electrons. The predicted octanol–water partition coefficient (Wildman–Crippen LogP) is 1.42. The molecule has 0 aliphatic carbocycles. The summed E-state index contributed by atoms with van der Waals surface area (Å²) in [6, 6.07) is 5.03. The van der Waals surface area contributed by atoms with Crippen molar-refractivity contribution in [3.63, 3.8) is 0 Å². The summed E-state index contributed by atoms with van der Waals surface area (Å²) in [5.41, 5.74) is 6.39. The number of nitrogens with two attached hydrogens (primary N) is 1. The van der Waals surface area contributed by atoms with Crippen LogP contribution >= 0.6 is 11.6 Å². The van der Waals surface area contributed by atoms with Gasteiger partial charge in [-0.25, -0.2) is 0 Å². The van der Waals surface area contributed by atoms with Crippen molar-refractivity contribution in [2.24, 2.45) is 5.73 Å². The van der Waals surface area contributed by atoms with Crippen molar-refractivity contribution >= 4 is 17.5 Å². The Bertz CT molecular complexity index is 495. The maximum Gasteiger partial charge on any atom is 0.237 e. The number of carbonyl (C=O) groups is 1. The van der Waals surface area contributed by atoms with Crippen LogP contribution in [0.3, 0.4) is 0 Å². The van der Waals surface area contributed by atoms with Crippen LogP contribution in [0.5, 0.6) is 5.75 Å². The Labute approximate surface area is 123 Å². The number of ether oxygens (including phenoxy) is 2. The van der Waals surface area contributed by atoms with E-state index in [1.54, 1.807) is 19.2 Å². The minimum Gasteiger partial charge on any atom is -0.497 e. The molecule has 0 radical (unpaired) electrons. The van der Waals surface area contributed by atoms with E-state index in [2.05, 4.69) is 0 Å². The van der Waals surface area contributed by atoms with Gasteiger partial charge in [0.1, 0.15) is 11.8 Å². The Morgan fingerprint density at radius 2 is 2.35 bits per heavy atom. The topological polar surface area (TPSA) is 64.8 Å². The fourth-order valence-corrected chi connectivity index (χ4v) is 2.67. The molecular weight excluding hydrogens is 280 g/mol. The van der Waals surface area contributed by atoms with Crippen LogP contribution in [-0.4, -0.2) is 43.2 Å². The van der Waals surface area contributed by atoms with Gasteiger partial charge in [0.2, 0.25) is 5.91 Å². The maximum absolute atomic E-state index is 11.6. The summed E-state index contributed by atoms with van der Waals surface area (Å²) < 4.78 is 10.7. The number of primary amides is 1. The van der Waals surface area contributed by atoms with Gasteiger partial charge in [-0.2, -0.15) is 0 Å². The second kappa shape index (κ2) is 6.43. The fraction of sp³-hybridized carbons (Fsp3) is 0.500. The lowest BCUT2D eigenvalue weighted by Crippen LogP contribution is -2.56. The van der Waals surface area contributed by atoms with Crippen molar-refractivity contribution in [2.45, 2.75) is 25.6 Å². The molecule has 5 nitrogen and oxygen atoms in total. The van der Waals surface area contributed by atoms with Crippen LogP contribution in [-0.2, 0) is 16.1 Å². The molecule has 1 aliphatic rings. The molecule has 1 aromatic carbocycles. The van der Waals surface area contributed by atoms with Crippen molar-refractivity contribution in [3.05, 3.63) is 28.8 Å². The minimum absolute atomic E-state index is 0.217. The number of benzene rings is 1. The molecule has 0 unspecified atom stereocenters. The zero-order valence-corrected chi connectivity index (χ0v) is 12.4. The van der Waals surface area contributed by atoms with Gasteiger partial charge in [0.15, 0.2) is 0 Å². The van der Waals surface area contributed by atoms with Gasteiger partial charge in [-0.05, 0) is 30.7 Å². The number of hydrogen-bond donors (Lipinski definition) is 1. The lowest BCUT2D eigenvalue weighted by atomic mass is 10.1. The molecule has 1 saturated heterocycles. The van der Waals surface area contributed by atoms with Crippen LogP contribution in [0.25, 0.3) is 0 Å². The van der Waals surface area contributed by atoms with Gasteiger partial charge in [0.25, 0.3) is 0 Å². The number of amides is 1. The molecule has 1 aliphatic heterocycles. The van der Waals surface area contributed by atoms with Crippen molar-refractivity contribution in [1.82, 2.24) is 4.90 Å². The van der Waals surface area contributed by atoms with Gasteiger partial charge in [-0.3, -0.25) is 9.69 Å². The van der Waals surface area contributed by atoms with Crippen molar-refractivity contribution in [2.75, 3.05) is 20.3 Å². The molecule has 1 amide bonds. The summed E-state index contributed by atoms with van der Waals surface area (Å²) in [5, 5.41) is 0.646. The predicted molar refractivity (Wildman–Crippen MR) is 76.8 cm³/mol. The number of rotatable bonds is 4. The molecular formula is C14H19ClN2O3. The Balaban J connectivity index is 2.21. The molecule has 0 bridgehead atoms. The third-order valence-electron chi connectivity index (χ3n) is 3.52. The quantitative estimate of drug-likeness (QED) is 0.913. The van der Waals surface area contributed by atoms with Crippen LogP contribution in [0, 0.1) is 0 Å². The molecule has 2 N–H and O–H groups in total. The van der Waals surface area contributed by atoms with E-state index < -0.39 is 6.04 Å². The van der Waals surface area contributed by atoms with Crippen LogP contribution in [0.1, 0.15) is 12.5 Å². The third-order valence-corrected chi connectivity index (χ3v) is 3.88. The summed E-state index contributed by atoms with van der Waals surface area (Å²) in [6.45, 7) is 3.62. The monoisotopic (exact) mass is 298 g/mol. The van der Waals surface area contributed by atoms with Crippen molar-refractivity contribution in [3.8, 4) is 5.75 Å². The van der Waals surface area contributed by atoms with E-state index in [0.717, 1.165) is 11.3 Å². The molecule has 20 heavy (non-hydrogen) atoms. The lowest BCUT2D eigenvalue weighted by Gasteiger charge is -2.38. The first-order valence-corrected chi connectivity index (χ1v) is 6.88. The van der Waals surface area contributed by atoms with Crippen LogP contribution < -0.4 is 10.5 Å². The molecule has 1 aromatic rings. The number of halogens is 1. The molecule has 0 spiro atoms. The lowest BCUT2D eigenvalue weighted by molar-refractivity contribution is -0.136. The normalized spacial score (nSPS) is 23.6. The van der Waals surface area contributed by atoms with Gasteiger partial charge in [-0.15, -0.1) is 0 Å². The molecule has 0 aromatic heterocycles. The van der Waals surface area contributed by atoms with E-state index in [4.69, 9.17) is 26.8 Å². The highest BCUT2D eigenvalue weighted by Gasteiger charge is 2.33. The van der Waals surface area contributed by atoms with Crippen LogP contribution in [0.2, 0.25) is 5.02 Å². The average Bonchev–Trinajstić information content (AvgIpc) is 2.41. The van der Waals surface area contributed by atoms with E-state index in [1.807, 2.05) is 17.9 Å². The summed E-state index contributed by atoms with van der Waals surface area (Å²) in [6.07, 6.45) is -0.217. The molecule has 0 saturated carbocycles. The Hall–Kier alpha value is -1.30. The molecule has 1 heterocycles. The van der Waals surface area contributed by atoms with Gasteiger partial charge in [0.05, 0.1) is 19.8 Å². The number of carbonyl (C=O) groups excluding carboxylic acids is 1. The number of methoxy groups -OCH3 is 1. The third kappa shape index (κ3) is 3.23. The summed E-state index contributed by atoms with van der Waals surface area (Å²) in [7, 11) is 1.61. The summed E-state index contributed by atoms with van der Waals surface area (Å²) >= 11 is 6.21. The largest absolute Gasteiger partial charge is 0.497 e. The number of morpholine rings is 1. The average molecular weight is 299 g/mol. The standard InChI is InChI=1S/C14H19ClN2O3/c1-9-13(14(16)18)17(5-6-20-9)8-10-7-11(19-2)3-4-12(10)15/h3-4,7,9,13H,5-6,8H2,1-2H3,(H2,16,18)/t9-,13+/m1/s1. The van der Waals surface area contributed by atoms with Gasteiger partial charge >= 0.3 is 0 Å². The zero-order chi connectivity index (χ0) is 14.7. The smallest absolute Gasteiger partial charge is 0.237 e. The van der Waals surface area contributed by atoms with Gasteiger partial charge in [0, 0.05) is 18.1 Å². The second-order valence-corrected chi connectivity index (χ2v) is 5.26. The zero-order valence-electron chi connectivity index (χ0n) is 11.6. The second-order valence-electron chi connectivity index (χ2n) is 4.85. The van der Waals surface area contributed by atoms with Crippen LogP contribution in [0.15, 0.2) is 18.2 Å². The minimum atomic E-state index is -0.439. The van der Waals surface area contributed by atoms with E-state index in [9.17, 15) is 4.79 Å². The van der Waals surface area contributed by atoms with E-state index in [1.165, 1.54) is 0 Å². The fourth-order valence-electron chi connectivity index (χ4n) is 2.49. The van der Waals surface area contributed by atoms with Gasteiger partial charge < -0.3 is 15.2 Å². The molecule has 2 atom stereocenters. The summed E-state index contributed by atoms with van der Waals surface area (Å²) in [4.78, 5) is 13.6. The first-order chi connectivity index (χ1) is 9.52. The maximum atomic E-state index is 11.6. The SMILES string of the molecule is COc1ccc(Cl)c(CN2CCO[C@H](C)[C@H]2C(N)=O)c1. The van der Waals surface area contributed by atoms with Crippen LogP contribution in [0.4, 0.5) is 0 Å². The first kappa shape index (κ1) is 15.1. The molecule has 2 rings (SSSR count). The number of nitrogens with zero attached hydrogens (tertiary/aromatic N) is 1. The molecule has 6 heteroatoms. The van der Waals surface area contributed by atoms with Crippen molar-refractivity contribution < 1.29 is 14.3 Å². The molecule has 1 fully saturated rings. The Morgan fingerprint density at radius 1 is 1.60 bits per heavy atom. The van der Waals surface area contributed by atoms with E-state index >= 15 is 0 Å². The van der Waals surface area contributed by atoms with E-state index in [0.29, 0.717) is 24.7 Å². The Morgan fingerprint density at radius 3 is 3.00 bits per heavy atom.